The number of aliphatic hydroxyl groups excluding tert-OH is 1. The predicted octanol–water partition coefficient (Wildman–Crippen LogP) is 2.65. The summed E-state index contributed by atoms with van der Waals surface area (Å²) in [6.07, 6.45) is 7.53. The van der Waals surface area contributed by atoms with Crippen molar-refractivity contribution >= 4 is 23.7 Å². The topological polar surface area (TPSA) is 40.5 Å². The predicted molar refractivity (Wildman–Crippen MR) is 83.6 cm³/mol. The molecule has 2 rings (SSSR count). The average Bonchev–Trinajstić information content (AvgIpc) is 2.53. The second-order valence-electron chi connectivity index (χ2n) is 5.08. The van der Waals surface area contributed by atoms with Crippen LogP contribution >= 0.6 is 11.8 Å². The Labute approximate surface area is 124 Å². The maximum Gasteiger partial charge on any atom is 0.246 e. The van der Waals surface area contributed by atoms with Crippen LogP contribution in [0.5, 0.6) is 0 Å². The molecule has 1 N–H and O–H groups in total. The number of carbonyl (C=O) groups is 1. The number of piperidine rings is 1. The maximum atomic E-state index is 12.1. The third-order valence-corrected chi connectivity index (χ3v) is 4.37. The molecule has 108 valence electrons. The SMILES string of the molecule is CSc1ccc(/C=C/C(=O)N2CCCC(CO)C2)cc1. The molecule has 1 aromatic carbocycles. The summed E-state index contributed by atoms with van der Waals surface area (Å²) in [6.45, 7) is 1.64. The van der Waals surface area contributed by atoms with Crippen molar-refractivity contribution in [3.05, 3.63) is 35.9 Å². The van der Waals surface area contributed by atoms with E-state index < -0.39 is 0 Å². The van der Waals surface area contributed by atoms with Gasteiger partial charge in [0.05, 0.1) is 0 Å². The first-order valence-electron chi connectivity index (χ1n) is 6.95. The molecule has 1 atom stereocenters. The van der Waals surface area contributed by atoms with Crippen molar-refractivity contribution < 1.29 is 9.90 Å². The summed E-state index contributed by atoms with van der Waals surface area (Å²) in [6, 6.07) is 8.14. The van der Waals surface area contributed by atoms with Crippen molar-refractivity contribution in [2.24, 2.45) is 5.92 Å². The van der Waals surface area contributed by atoms with E-state index in [4.69, 9.17) is 0 Å². The Balaban J connectivity index is 1.94. The third-order valence-electron chi connectivity index (χ3n) is 3.62. The molecule has 0 radical (unpaired) electrons. The summed E-state index contributed by atoms with van der Waals surface area (Å²) in [4.78, 5) is 15.2. The minimum atomic E-state index is 0.0390. The first kappa shape index (κ1) is 15.1. The van der Waals surface area contributed by atoms with E-state index in [1.54, 1.807) is 17.8 Å². The summed E-state index contributed by atoms with van der Waals surface area (Å²) < 4.78 is 0. The second kappa shape index (κ2) is 7.50. The lowest BCUT2D eigenvalue weighted by Gasteiger charge is -2.31. The van der Waals surface area contributed by atoms with Crippen molar-refractivity contribution in [2.45, 2.75) is 17.7 Å². The van der Waals surface area contributed by atoms with E-state index >= 15 is 0 Å². The van der Waals surface area contributed by atoms with E-state index in [2.05, 4.69) is 12.1 Å². The highest BCUT2D eigenvalue weighted by Gasteiger charge is 2.21. The Morgan fingerprint density at radius 3 is 2.85 bits per heavy atom. The molecule has 0 spiro atoms. The number of nitrogens with zero attached hydrogens (tertiary/aromatic N) is 1. The highest BCUT2D eigenvalue weighted by Crippen LogP contribution is 2.17. The van der Waals surface area contributed by atoms with Gasteiger partial charge in [0.2, 0.25) is 5.91 Å². The molecule has 1 fully saturated rings. The molecule has 0 aliphatic carbocycles. The van der Waals surface area contributed by atoms with Crippen molar-refractivity contribution in [1.29, 1.82) is 0 Å². The molecule has 0 saturated carbocycles. The fraction of sp³-hybridized carbons (Fsp3) is 0.438. The Hall–Kier alpha value is -1.26. The van der Waals surface area contributed by atoms with Crippen LogP contribution in [0.25, 0.3) is 6.08 Å². The highest BCUT2D eigenvalue weighted by atomic mass is 32.2. The number of likely N-dealkylation sites (tertiary alicyclic amines) is 1. The van der Waals surface area contributed by atoms with E-state index in [0.717, 1.165) is 24.9 Å². The van der Waals surface area contributed by atoms with Crippen LogP contribution in [0.15, 0.2) is 35.2 Å². The van der Waals surface area contributed by atoms with Crippen LogP contribution in [0.3, 0.4) is 0 Å². The zero-order valence-electron chi connectivity index (χ0n) is 11.8. The van der Waals surface area contributed by atoms with Gasteiger partial charge in [0.25, 0.3) is 0 Å². The highest BCUT2D eigenvalue weighted by molar-refractivity contribution is 7.98. The molecule has 1 amide bonds. The van der Waals surface area contributed by atoms with Gasteiger partial charge in [-0.3, -0.25) is 4.79 Å². The molecule has 0 aromatic heterocycles. The number of thioether (sulfide) groups is 1. The lowest BCUT2D eigenvalue weighted by Crippen LogP contribution is -2.40. The van der Waals surface area contributed by atoms with Gasteiger partial charge in [-0.05, 0) is 48.8 Å². The summed E-state index contributed by atoms with van der Waals surface area (Å²) >= 11 is 1.70. The van der Waals surface area contributed by atoms with Crippen LogP contribution in [-0.2, 0) is 4.79 Å². The van der Waals surface area contributed by atoms with Crippen LogP contribution in [0.2, 0.25) is 0 Å². The number of carbonyl (C=O) groups excluding carboxylic acids is 1. The molecule has 1 unspecified atom stereocenters. The number of benzene rings is 1. The molecule has 1 saturated heterocycles. The van der Waals surface area contributed by atoms with E-state index in [1.165, 1.54) is 4.90 Å². The lowest BCUT2D eigenvalue weighted by molar-refractivity contribution is -0.127. The van der Waals surface area contributed by atoms with Crippen LogP contribution in [0.1, 0.15) is 18.4 Å². The normalized spacial score (nSPS) is 19.5. The Morgan fingerprint density at radius 2 is 2.20 bits per heavy atom. The number of aliphatic hydroxyl groups is 1. The zero-order chi connectivity index (χ0) is 14.4. The van der Waals surface area contributed by atoms with Gasteiger partial charge in [0.15, 0.2) is 0 Å². The molecule has 1 heterocycles. The summed E-state index contributed by atoms with van der Waals surface area (Å²) in [7, 11) is 0. The van der Waals surface area contributed by atoms with E-state index in [9.17, 15) is 9.90 Å². The Bertz CT molecular complexity index is 470. The fourth-order valence-electron chi connectivity index (χ4n) is 2.40. The third kappa shape index (κ3) is 4.12. The van der Waals surface area contributed by atoms with Crippen LogP contribution in [-0.4, -0.2) is 41.9 Å². The molecule has 4 heteroatoms. The zero-order valence-corrected chi connectivity index (χ0v) is 12.6. The molecule has 3 nitrogen and oxygen atoms in total. The van der Waals surface area contributed by atoms with E-state index in [1.807, 2.05) is 29.4 Å². The molecule has 0 bridgehead atoms. The smallest absolute Gasteiger partial charge is 0.246 e. The lowest BCUT2D eigenvalue weighted by atomic mass is 9.99. The number of hydrogen-bond acceptors (Lipinski definition) is 3. The second-order valence-corrected chi connectivity index (χ2v) is 5.96. The molecule has 1 aliphatic rings. The molecule has 1 aromatic rings. The first-order chi connectivity index (χ1) is 9.72. The maximum absolute atomic E-state index is 12.1. The van der Waals surface area contributed by atoms with Crippen molar-refractivity contribution in [2.75, 3.05) is 26.0 Å². The first-order valence-corrected chi connectivity index (χ1v) is 8.17. The van der Waals surface area contributed by atoms with Crippen LogP contribution in [0.4, 0.5) is 0 Å². The standard InChI is InChI=1S/C16H21NO2S/c1-20-15-7-4-13(5-8-15)6-9-16(19)17-10-2-3-14(11-17)12-18/h4-9,14,18H,2-3,10-12H2,1H3/b9-6+. The van der Waals surface area contributed by atoms with Crippen molar-refractivity contribution in [3.8, 4) is 0 Å². The van der Waals surface area contributed by atoms with Gasteiger partial charge in [-0.25, -0.2) is 0 Å². The van der Waals surface area contributed by atoms with Crippen LogP contribution in [0, 0.1) is 5.92 Å². The van der Waals surface area contributed by atoms with Gasteiger partial charge < -0.3 is 10.0 Å². The largest absolute Gasteiger partial charge is 0.396 e. The fourth-order valence-corrected chi connectivity index (χ4v) is 2.81. The molecular formula is C16H21NO2S. The number of amides is 1. The summed E-state index contributed by atoms with van der Waals surface area (Å²) in [5.41, 5.74) is 1.03. The van der Waals surface area contributed by atoms with Crippen LogP contribution < -0.4 is 0 Å². The van der Waals surface area contributed by atoms with E-state index in [-0.39, 0.29) is 18.4 Å². The van der Waals surface area contributed by atoms with Gasteiger partial charge >= 0.3 is 0 Å². The van der Waals surface area contributed by atoms with Gasteiger partial charge in [-0.1, -0.05) is 12.1 Å². The van der Waals surface area contributed by atoms with Gasteiger partial charge in [0.1, 0.15) is 0 Å². The number of rotatable bonds is 4. The molecule has 20 heavy (non-hydrogen) atoms. The van der Waals surface area contributed by atoms with Gasteiger partial charge in [-0.15, -0.1) is 11.8 Å². The minimum absolute atomic E-state index is 0.0390. The quantitative estimate of drug-likeness (QED) is 0.685. The summed E-state index contributed by atoms with van der Waals surface area (Å²) in [5, 5.41) is 9.19. The van der Waals surface area contributed by atoms with Gasteiger partial charge in [0, 0.05) is 30.7 Å². The van der Waals surface area contributed by atoms with Gasteiger partial charge in [-0.2, -0.15) is 0 Å². The Morgan fingerprint density at radius 1 is 1.45 bits per heavy atom. The average molecular weight is 291 g/mol. The minimum Gasteiger partial charge on any atom is -0.396 e. The number of hydrogen-bond donors (Lipinski definition) is 1. The van der Waals surface area contributed by atoms with E-state index in [0.29, 0.717) is 6.54 Å². The summed E-state index contributed by atoms with van der Waals surface area (Å²) in [5.74, 6) is 0.277. The van der Waals surface area contributed by atoms with Crippen molar-refractivity contribution in [3.63, 3.8) is 0 Å². The molecular weight excluding hydrogens is 270 g/mol. The molecule has 1 aliphatic heterocycles. The Kier molecular flexibility index (Phi) is 5.68. The van der Waals surface area contributed by atoms with Crippen molar-refractivity contribution in [1.82, 2.24) is 4.90 Å². The monoisotopic (exact) mass is 291 g/mol.